The van der Waals surface area contributed by atoms with Gasteiger partial charge in [-0.1, -0.05) is 25.5 Å². The Morgan fingerprint density at radius 2 is 1.81 bits per heavy atom. The molecule has 1 saturated heterocycles. The fourth-order valence-corrected chi connectivity index (χ4v) is 4.50. The number of anilines is 1. The van der Waals surface area contributed by atoms with Gasteiger partial charge in [0.2, 0.25) is 11.8 Å². The van der Waals surface area contributed by atoms with E-state index in [1.807, 2.05) is 42.5 Å². The topological polar surface area (TPSA) is 83.5 Å². The quantitative estimate of drug-likeness (QED) is 0.530. The summed E-state index contributed by atoms with van der Waals surface area (Å²) in [5, 5.41) is 9.17. The Morgan fingerprint density at radius 3 is 2.53 bits per heavy atom. The molecule has 192 valence electrons. The van der Waals surface area contributed by atoms with Crippen LogP contribution in [0.1, 0.15) is 56.6 Å². The highest BCUT2D eigenvalue weighted by molar-refractivity contribution is 6.04. The van der Waals surface area contributed by atoms with Crippen LogP contribution in [0, 0.1) is 0 Å². The van der Waals surface area contributed by atoms with Crippen LogP contribution in [-0.2, 0) is 16.1 Å². The van der Waals surface area contributed by atoms with Gasteiger partial charge in [0.25, 0.3) is 0 Å². The van der Waals surface area contributed by atoms with E-state index in [0.717, 1.165) is 54.9 Å². The molecule has 2 aromatic rings. The summed E-state index contributed by atoms with van der Waals surface area (Å²) in [5.41, 5.74) is 3.48. The fraction of sp³-hybridized carbons (Fsp3) is 0.464. The standard InChI is InChI=1S/C28H36N4O4/c1-3-17-36-26-18-22(9-13-25(26)35-2)24-12-14-28(34)32(30-24)19-21-7-10-23(11-8-21)29-27(33)20-31-15-5-4-6-16-31/h7-11,13,18H,3-6,12,14-17,19-20H2,1-2H3,(H,29,33). The average Bonchev–Trinajstić information content (AvgIpc) is 2.90. The number of benzene rings is 2. The summed E-state index contributed by atoms with van der Waals surface area (Å²) in [6.45, 7) is 5.44. The summed E-state index contributed by atoms with van der Waals surface area (Å²) in [6.07, 6.45) is 5.45. The summed E-state index contributed by atoms with van der Waals surface area (Å²) in [5.74, 6) is 1.36. The summed E-state index contributed by atoms with van der Waals surface area (Å²) in [4.78, 5) is 27.2. The van der Waals surface area contributed by atoms with Gasteiger partial charge >= 0.3 is 0 Å². The molecule has 0 unspecified atom stereocenters. The summed E-state index contributed by atoms with van der Waals surface area (Å²) in [7, 11) is 1.62. The number of nitrogens with zero attached hydrogens (tertiary/aromatic N) is 3. The van der Waals surface area contributed by atoms with Gasteiger partial charge in [0.05, 0.1) is 32.5 Å². The van der Waals surface area contributed by atoms with Crippen molar-refractivity contribution in [1.82, 2.24) is 9.91 Å². The molecule has 0 aliphatic carbocycles. The van der Waals surface area contributed by atoms with E-state index < -0.39 is 0 Å². The second-order valence-corrected chi connectivity index (χ2v) is 9.29. The van der Waals surface area contributed by atoms with Crippen molar-refractivity contribution < 1.29 is 19.1 Å². The van der Waals surface area contributed by atoms with Gasteiger partial charge in [-0.25, -0.2) is 5.01 Å². The molecule has 0 atom stereocenters. The predicted molar refractivity (Wildman–Crippen MR) is 140 cm³/mol. The maximum Gasteiger partial charge on any atom is 0.243 e. The van der Waals surface area contributed by atoms with Crippen LogP contribution in [0.3, 0.4) is 0 Å². The van der Waals surface area contributed by atoms with Crippen LogP contribution < -0.4 is 14.8 Å². The van der Waals surface area contributed by atoms with E-state index in [-0.39, 0.29) is 11.8 Å². The zero-order valence-electron chi connectivity index (χ0n) is 21.3. The molecule has 8 heteroatoms. The van der Waals surface area contributed by atoms with Crippen LogP contribution in [0.5, 0.6) is 11.5 Å². The van der Waals surface area contributed by atoms with E-state index in [2.05, 4.69) is 22.2 Å². The molecule has 2 aliphatic heterocycles. The van der Waals surface area contributed by atoms with E-state index >= 15 is 0 Å². The van der Waals surface area contributed by atoms with Crippen molar-refractivity contribution >= 4 is 23.2 Å². The lowest BCUT2D eigenvalue weighted by Crippen LogP contribution is -2.36. The Hall–Kier alpha value is -3.39. The number of carbonyl (C=O) groups is 2. The van der Waals surface area contributed by atoms with Gasteiger partial charge in [-0.2, -0.15) is 5.10 Å². The molecule has 2 amide bonds. The number of likely N-dealkylation sites (tertiary alicyclic amines) is 1. The van der Waals surface area contributed by atoms with Crippen LogP contribution in [0.2, 0.25) is 0 Å². The normalized spacial score (nSPS) is 16.4. The molecule has 0 bridgehead atoms. The van der Waals surface area contributed by atoms with Crippen molar-refractivity contribution in [1.29, 1.82) is 0 Å². The highest BCUT2D eigenvalue weighted by Crippen LogP contribution is 2.30. The minimum absolute atomic E-state index is 0.00590. The van der Waals surface area contributed by atoms with Crippen molar-refractivity contribution in [3.8, 4) is 11.5 Å². The third kappa shape index (κ3) is 6.85. The van der Waals surface area contributed by atoms with Crippen LogP contribution in [-0.4, -0.2) is 60.8 Å². The van der Waals surface area contributed by atoms with Gasteiger partial charge in [0.15, 0.2) is 11.5 Å². The number of carbonyl (C=O) groups excluding carboxylic acids is 2. The SMILES string of the molecule is CCCOc1cc(C2=NN(Cc3ccc(NC(=O)CN4CCCCC4)cc3)C(=O)CC2)ccc1OC. The van der Waals surface area contributed by atoms with E-state index in [4.69, 9.17) is 9.47 Å². The Kier molecular flexibility index (Phi) is 8.95. The van der Waals surface area contributed by atoms with Gasteiger partial charge < -0.3 is 14.8 Å². The largest absolute Gasteiger partial charge is 0.493 e. The molecule has 36 heavy (non-hydrogen) atoms. The third-order valence-electron chi connectivity index (χ3n) is 6.45. The van der Waals surface area contributed by atoms with Crippen LogP contribution in [0.15, 0.2) is 47.6 Å². The van der Waals surface area contributed by atoms with Crippen molar-refractivity contribution in [2.75, 3.05) is 38.7 Å². The number of hydrogen-bond acceptors (Lipinski definition) is 6. The van der Waals surface area contributed by atoms with Crippen molar-refractivity contribution in [2.45, 2.75) is 52.0 Å². The molecule has 8 nitrogen and oxygen atoms in total. The van der Waals surface area contributed by atoms with Crippen LogP contribution in [0.4, 0.5) is 5.69 Å². The maximum atomic E-state index is 12.6. The van der Waals surface area contributed by atoms with Gasteiger partial charge in [-0.3, -0.25) is 14.5 Å². The minimum Gasteiger partial charge on any atom is -0.493 e. The van der Waals surface area contributed by atoms with Gasteiger partial charge in [0, 0.05) is 24.1 Å². The van der Waals surface area contributed by atoms with Crippen molar-refractivity contribution in [2.24, 2.45) is 5.10 Å². The van der Waals surface area contributed by atoms with Crippen molar-refractivity contribution in [3.05, 3.63) is 53.6 Å². The first-order chi connectivity index (χ1) is 17.6. The van der Waals surface area contributed by atoms with E-state index in [1.165, 1.54) is 11.4 Å². The van der Waals surface area contributed by atoms with Gasteiger partial charge in [-0.15, -0.1) is 0 Å². The number of amides is 2. The van der Waals surface area contributed by atoms with E-state index in [0.29, 0.717) is 44.0 Å². The number of piperidine rings is 1. The number of rotatable bonds is 10. The monoisotopic (exact) mass is 492 g/mol. The lowest BCUT2D eigenvalue weighted by molar-refractivity contribution is -0.132. The Labute approximate surface area is 213 Å². The molecule has 2 aromatic carbocycles. The summed E-state index contributed by atoms with van der Waals surface area (Å²) >= 11 is 0. The molecule has 2 aliphatic rings. The molecule has 2 heterocycles. The highest BCUT2D eigenvalue weighted by Gasteiger charge is 2.22. The predicted octanol–water partition coefficient (Wildman–Crippen LogP) is 4.44. The molecule has 4 rings (SSSR count). The zero-order chi connectivity index (χ0) is 25.3. The Bertz CT molecular complexity index is 1080. The lowest BCUT2D eigenvalue weighted by Gasteiger charge is -2.25. The van der Waals surface area contributed by atoms with Crippen LogP contribution in [0.25, 0.3) is 0 Å². The minimum atomic E-state index is -0.00590. The molecule has 1 N–H and O–H groups in total. The lowest BCUT2D eigenvalue weighted by atomic mass is 10.0. The molecule has 0 saturated carbocycles. The highest BCUT2D eigenvalue weighted by atomic mass is 16.5. The van der Waals surface area contributed by atoms with Gasteiger partial charge in [-0.05, 0) is 68.2 Å². The molecule has 0 radical (unpaired) electrons. The molecular weight excluding hydrogens is 456 g/mol. The second-order valence-electron chi connectivity index (χ2n) is 9.29. The first-order valence-corrected chi connectivity index (χ1v) is 12.9. The zero-order valence-corrected chi connectivity index (χ0v) is 21.3. The summed E-state index contributed by atoms with van der Waals surface area (Å²) in [6, 6.07) is 13.4. The number of methoxy groups -OCH3 is 1. The molecule has 1 fully saturated rings. The first-order valence-electron chi connectivity index (χ1n) is 12.9. The number of nitrogens with one attached hydrogen (secondary N) is 1. The molecule has 0 aromatic heterocycles. The van der Waals surface area contributed by atoms with Gasteiger partial charge in [0.1, 0.15) is 0 Å². The molecular formula is C28H36N4O4. The number of hydrazone groups is 1. The Morgan fingerprint density at radius 1 is 1.03 bits per heavy atom. The maximum absolute atomic E-state index is 12.6. The fourth-order valence-electron chi connectivity index (χ4n) is 4.50. The third-order valence-corrected chi connectivity index (χ3v) is 6.45. The summed E-state index contributed by atoms with van der Waals surface area (Å²) < 4.78 is 11.3. The van der Waals surface area contributed by atoms with E-state index in [1.54, 1.807) is 7.11 Å². The van der Waals surface area contributed by atoms with Crippen LogP contribution >= 0.6 is 0 Å². The average molecular weight is 493 g/mol. The second kappa shape index (κ2) is 12.5. The van der Waals surface area contributed by atoms with E-state index in [9.17, 15) is 9.59 Å². The smallest absolute Gasteiger partial charge is 0.243 e. The first kappa shape index (κ1) is 25.7. The van der Waals surface area contributed by atoms with Crippen molar-refractivity contribution in [3.63, 3.8) is 0 Å². The number of hydrogen-bond donors (Lipinski definition) is 1. The Balaban J connectivity index is 1.39. The molecule has 0 spiro atoms. The number of ether oxygens (including phenoxy) is 2.